The van der Waals surface area contributed by atoms with E-state index in [4.69, 9.17) is 9.40 Å². The molecule has 0 amide bonds. The molecule has 0 aliphatic heterocycles. The van der Waals surface area contributed by atoms with Crippen LogP contribution in [0.15, 0.2) is 217 Å². The van der Waals surface area contributed by atoms with E-state index in [0.717, 1.165) is 55.3 Å². The monoisotopic (exact) mass is 719 g/mol. The number of benzene rings is 9. The molecule has 10 aromatic rings. The maximum absolute atomic E-state index is 6.63. The van der Waals surface area contributed by atoms with Gasteiger partial charge in [0.05, 0.1) is 0 Å². The lowest BCUT2D eigenvalue weighted by Crippen LogP contribution is -2.53. The second-order valence-corrected chi connectivity index (χ2v) is 16.2. The molecule has 9 aromatic carbocycles. The molecule has 0 atom stereocenters. The van der Waals surface area contributed by atoms with Crippen LogP contribution >= 0.6 is 0 Å². The van der Waals surface area contributed by atoms with Gasteiger partial charge in [0.1, 0.15) is 5.52 Å². The Morgan fingerprint density at radius 1 is 0.436 bits per heavy atom. The summed E-state index contributed by atoms with van der Waals surface area (Å²) in [5.41, 5.74) is 8.31. The van der Waals surface area contributed by atoms with E-state index in [0.29, 0.717) is 5.89 Å². The van der Waals surface area contributed by atoms with E-state index in [1.807, 2.05) is 30.3 Å². The van der Waals surface area contributed by atoms with Gasteiger partial charge in [-0.3, -0.25) is 0 Å². The van der Waals surface area contributed by atoms with E-state index in [2.05, 4.69) is 187 Å². The first-order valence-electron chi connectivity index (χ1n) is 18.6. The molecule has 0 N–H and O–H groups in total. The number of rotatable bonds is 8. The first kappa shape index (κ1) is 32.6. The first-order chi connectivity index (χ1) is 27.3. The normalized spacial score (nSPS) is 11.4. The summed E-state index contributed by atoms with van der Waals surface area (Å²) in [5.74, 6) is 0.627. The maximum Gasteiger partial charge on any atom is 0.227 e. The Balaban J connectivity index is 1.21. The van der Waals surface area contributed by atoms with Crippen LogP contribution < -0.4 is 20.5 Å². The summed E-state index contributed by atoms with van der Waals surface area (Å²) in [5, 5.41) is 8.46. The molecule has 0 saturated carbocycles. The lowest BCUT2D eigenvalue weighted by atomic mass is 10.00. The second-order valence-electron chi connectivity index (χ2n) is 13.7. The molecule has 0 aliphatic carbocycles. The second kappa shape index (κ2) is 14.1. The molecule has 0 saturated heterocycles. The summed E-state index contributed by atoms with van der Waals surface area (Å²) in [7, 11) is -1.41. The molecule has 1 heterocycles. The number of hydrogen-bond acceptors (Lipinski definition) is 3. The Bertz CT molecular complexity index is 2870. The predicted molar refractivity (Wildman–Crippen MR) is 232 cm³/mol. The van der Waals surface area contributed by atoms with E-state index in [9.17, 15) is 0 Å². The molecule has 0 bridgehead atoms. The molecular weight excluding hydrogens is 685 g/mol. The quantitative estimate of drug-likeness (QED) is 0.0889. The summed E-state index contributed by atoms with van der Waals surface area (Å²) in [6, 6.07) is 76.1. The van der Waals surface area contributed by atoms with Gasteiger partial charge in [-0.05, 0) is 81.0 Å². The fourth-order valence-electron chi connectivity index (χ4n) is 7.78. The van der Waals surface area contributed by atoms with Crippen LogP contribution in [0.4, 0.5) is 17.1 Å². The minimum atomic E-state index is -1.41. The van der Waals surface area contributed by atoms with Crippen LogP contribution in [-0.2, 0) is 0 Å². The van der Waals surface area contributed by atoms with Gasteiger partial charge >= 0.3 is 0 Å². The van der Waals surface area contributed by atoms with Crippen molar-refractivity contribution < 1.29 is 4.42 Å². The minimum absolute atomic E-state index is 0.627. The summed E-state index contributed by atoms with van der Waals surface area (Å²) in [6.07, 6.45) is 0. The van der Waals surface area contributed by atoms with Crippen molar-refractivity contribution >= 4 is 74.1 Å². The molecule has 0 aliphatic rings. The lowest BCUT2D eigenvalue weighted by Gasteiger charge is -2.30. The van der Waals surface area contributed by atoms with Crippen molar-refractivity contribution in [2.45, 2.75) is 0 Å². The molecule has 0 fully saturated rings. The van der Waals surface area contributed by atoms with E-state index < -0.39 is 8.80 Å². The summed E-state index contributed by atoms with van der Waals surface area (Å²) in [6.45, 7) is 0. The van der Waals surface area contributed by atoms with Gasteiger partial charge in [-0.1, -0.05) is 174 Å². The Morgan fingerprint density at radius 3 is 1.65 bits per heavy atom. The molecule has 4 heteroatoms. The van der Waals surface area contributed by atoms with Crippen molar-refractivity contribution in [2.24, 2.45) is 0 Å². The van der Waals surface area contributed by atoms with Gasteiger partial charge < -0.3 is 9.32 Å². The third-order valence-electron chi connectivity index (χ3n) is 10.4. The highest BCUT2D eigenvalue weighted by atomic mass is 28.3. The van der Waals surface area contributed by atoms with Gasteiger partial charge in [0.25, 0.3) is 0 Å². The van der Waals surface area contributed by atoms with Crippen LogP contribution in [0, 0.1) is 0 Å². The van der Waals surface area contributed by atoms with Gasteiger partial charge in [-0.15, -0.1) is 0 Å². The molecule has 1 radical (unpaired) electrons. The van der Waals surface area contributed by atoms with Crippen LogP contribution in [0.25, 0.3) is 55.2 Å². The van der Waals surface area contributed by atoms with Gasteiger partial charge in [-0.25, -0.2) is 4.98 Å². The Labute approximate surface area is 322 Å². The fourth-order valence-corrected chi connectivity index (χ4v) is 10.5. The third kappa shape index (κ3) is 6.09. The number of nitrogens with zero attached hydrogens (tertiary/aromatic N) is 2. The molecule has 259 valence electrons. The average Bonchev–Trinajstić information content (AvgIpc) is 3.71. The van der Waals surface area contributed by atoms with E-state index in [-0.39, 0.29) is 0 Å². The van der Waals surface area contributed by atoms with E-state index in [1.165, 1.54) is 26.7 Å². The van der Waals surface area contributed by atoms with Crippen molar-refractivity contribution in [3.05, 3.63) is 212 Å². The first-order valence-corrected chi connectivity index (χ1v) is 20.1. The highest BCUT2D eigenvalue weighted by Crippen LogP contribution is 2.40. The average molecular weight is 720 g/mol. The van der Waals surface area contributed by atoms with Gasteiger partial charge in [0.15, 0.2) is 14.4 Å². The largest absolute Gasteiger partial charge is 0.435 e. The molecule has 1 aromatic heterocycles. The number of anilines is 3. The molecule has 10 rings (SSSR count). The van der Waals surface area contributed by atoms with Crippen LogP contribution in [0.3, 0.4) is 0 Å². The standard InChI is InChI=1S/C51H35N2OSi/c1-5-15-36(16-6-1)37-27-31-41(32-28-37)53(47-23-13-14-24-48(47)55(43-19-9-3-10-20-43)44-21-11-4-12-22-44)42-33-29-38-25-26-39-30-34-46-50(49(39)45(38)35-42)54-51(52-46)40-17-7-2-8-18-40/h1-35H. The van der Waals surface area contributed by atoms with Crippen LogP contribution in [0.2, 0.25) is 0 Å². The van der Waals surface area contributed by atoms with Gasteiger partial charge in [-0.2, -0.15) is 0 Å². The predicted octanol–water partition coefficient (Wildman–Crippen LogP) is 11.5. The van der Waals surface area contributed by atoms with Gasteiger partial charge in [0.2, 0.25) is 5.89 Å². The van der Waals surface area contributed by atoms with E-state index in [1.54, 1.807) is 0 Å². The summed E-state index contributed by atoms with van der Waals surface area (Å²) >= 11 is 0. The van der Waals surface area contributed by atoms with Crippen molar-refractivity contribution in [1.82, 2.24) is 4.98 Å². The number of aromatic nitrogens is 1. The number of para-hydroxylation sites is 1. The number of oxazole rings is 1. The van der Waals surface area contributed by atoms with Crippen LogP contribution in [0.1, 0.15) is 0 Å². The SMILES string of the molecule is c1ccc(-c2ccc(N(c3ccc4ccc5ccc6nc(-c7ccccc7)oc6c5c4c3)c3ccccc3[Si](c3ccccc3)c3ccccc3)cc2)cc1. The summed E-state index contributed by atoms with van der Waals surface area (Å²) < 4.78 is 6.63. The molecule has 0 spiro atoms. The topological polar surface area (TPSA) is 29.3 Å². The zero-order valence-corrected chi connectivity index (χ0v) is 31.0. The van der Waals surface area contributed by atoms with Crippen molar-refractivity contribution in [2.75, 3.05) is 4.90 Å². The van der Waals surface area contributed by atoms with Crippen LogP contribution in [-0.4, -0.2) is 13.8 Å². The minimum Gasteiger partial charge on any atom is -0.435 e. The highest BCUT2D eigenvalue weighted by molar-refractivity contribution is 6.96. The molecule has 0 unspecified atom stereocenters. The fraction of sp³-hybridized carbons (Fsp3) is 0. The number of hydrogen-bond donors (Lipinski definition) is 0. The molecular formula is C51H35N2OSi. The smallest absolute Gasteiger partial charge is 0.227 e. The van der Waals surface area contributed by atoms with Gasteiger partial charge in [0, 0.05) is 28.0 Å². The number of fused-ring (bicyclic) bond motifs is 5. The van der Waals surface area contributed by atoms with Crippen molar-refractivity contribution in [1.29, 1.82) is 0 Å². The Kier molecular flexibility index (Phi) is 8.36. The summed E-state index contributed by atoms with van der Waals surface area (Å²) in [4.78, 5) is 7.38. The van der Waals surface area contributed by atoms with Crippen molar-refractivity contribution in [3.63, 3.8) is 0 Å². The maximum atomic E-state index is 6.63. The lowest BCUT2D eigenvalue weighted by molar-refractivity contribution is 0.623. The van der Waals surface area contributed by atoms with E-state index >= 15 is 0 Å². The Hall–Kier alpha value is -7.01. The molecule has 3 nitrogen and oxygen atoms in total. The Morgan fingerprint density at radius 2 is 0.964 bits per heavy atom. The van der Waals surface area contributed by atoms with Crippen LogP contribution in [0.5, 0.6) is 0 Å². The highest BCUT2D eigenvalue weighted by Gasteiger charge is 2.26. The zero-order valence-electron chi connectivity index (χ0n) is 30.0. The molecule has 55 heavy (non-hydrogen) atoms. The zero-order chi connectivity index (χ0) is 36.6. The van der Waals surface area contributed by atoms with Crippen molar-refractivity contribution in [3.8, 4) is 22.6 Å². The third-order valence-corrected chi connectivity index (χ3v) is 13.2.